The van der Waals surface area contributed by atoms with Crippen LogP contribution in [0.2, 0.25) is 0 Å². The van der Waals surface area contributed by atoms with E-state index in [1.165, 1.54) is 43.2 Å². The van der Waals surface area contributed by atoms with Gasteiger partial charge in [-0.05, 0) is 38.7 Å². The predicted octanol–water partition coefficient (Wildman–Crippen LogP) is 0.967. The molecule has 0 radical (unpaired) electrons. The minimum atomic E-state index is -0.0718. The first-order valence-electron chi connectivity index (χ1n) is 9.65. The van der Waals surface area contributed by atoms with Gasteiger partial charge in [0.1, 0.15) is 5.54 Å². The number of amides is 1. The number of rotatable bonds is 12. The summed E-state index contributed by atoms with van der Waals surface area (Å²) in [6, 6.07) is 8.51. The number of nitrogens with one attached hydrogen (secondary N) is 1. The maximum absolute atomic E-state index is 11.8. The molecule has 0 saturated heterocycles. The van der Waals surface area contributed by atoms with Crippen molar-refractivity contribution < 1.29 is 22.9 Å². The van der Waals surface area contributed by atoms with E-state index in [1.807, 2.05) is 0 Å². The second kappa shape index (κ2) is 13.2. The third-order valence-electron chi connectivity index (χ3n) is 4.45. The van der Waals surface area contributed by atoms with Crippen LogP contribution in [0.15, 0.2) is 24.3 Å². The van der Waals surface area contributed by atoms with Crippen molar-refractivity contribution in [3.05, 3.63) is 35.4 Å². The van der Waals surface area contributed by atoms with Crippen LogP contribution in [0.1, 0.15) is 83.3 Å². The van der Waals surface area contributed by atoms with Gasteiger partial charge in [-0.15, -0.1) is 0 Å². The molecule has 0 atom stereocenters. The molecule has 0 bridgehead atoms. The van der Waals surface area contributed by atoms with Crippen LogP contribution in [0.5, 0.6) is 0 Å². The van der Waals surface area contributed by atoms with Crippen molar-refractivity contribution in [2.24, 2.45) is 0 Å². The average Bonchev–Trinajstić information content (AvgIpc) is 2.54. The Labute approximate surface area is 160 Å². The third-order valence-corrected chi connectivity index (χ3v) is 4.45. The molecule has 1 rings (SSSR count). The number of hydrogen-bond donors (Lipinski definition) is 2. The molecule has 25 heavy (non-hydrogen) atoms. The largest absolute Gasteiger partial charge is 1.00 e. The van der Waals surface area contributed by atoms with E-state index in [4.69, 9.17) is 0 Å². The zero-order valence-corrected chi connectivity index (χ0v) is 17.1. The summed E-state index contributed by atoms with van der Waals surface area (Å²) in [5.41, 5.74) is 6.83. The molecule has 144 valence electrons. The fraction of sp³-hybridized carbons (Fsp3) is 0.667. The van der Waals surface area contributed by atoms with Gasteiger partial charge in [0.2, 0.25) is 5.91 Å². The monoisotopic (exact) mass is 368 g/mol. The van der Waals surface area contributed by atoms with Gasteiger partial charge in [-0.25, -0.2) is 0 Å². The van der Waals surface area contributed by atoms with Gasteiger partial charge in [-0.1, -0.05) is 63.3 Å². The van der Waals surface area contributed by atoms with Gasteiger partial charge >= 0.3 is 0 Å². The highest BCUT2D eigenvalue weighted by Gasteiger charge is 2.21. The van der Waals surface area contributed by atoms with Gasteiger partial charge in [0.15, 0.2) is 0 Å². The number of carbonyl (C=O) groups is 1. The van der Waals surface area contributed by atoms with Crippen LogP contribution in [0, 0.1) is 0 Å². The molecule has 4 heteroatoms. The Balaban J connectivity index is 0.00000576. The average molecular weight is 369 g/mol. The Morgan fingerprint density at radius 1 is 1.04 bits per heavy atom. The molecule has 0 saturated carbocycles. The lowest BCUT2D eigenvalue weighted by atomic mass is 9.89. The Hall–Kier alpha value is -1.06. The lowest BCUT2D eigenvalue weighted by Gasteiger charge is -2.19. The minimum absolute atomic E-state index is 0. The van der Waals surface area contributed by atoms with E-state index in [0.717, 1.165) is 25.8 Å². The molecule has 1 aromatic carbocycles. The molecule has 0 aliphatic rings. The molecule has 0 heterocycles. The molecule has 0 aliphatic carbocycles. The lowest BCUT2D eigenvalue weighted by Crippen LogP contribution is -3.00. The van der Waals surface area contributed by atoms with Crippen molar-refractivity contribution in [2.45, 2.75) is 84.1 Å². The Kier molecular flexibility index (Phi) is 12.6. The molecule has 1 amide bonds. The number of aryl methyl sites for hydroxylation is 1. The summed E-state index contributed by atoms with van der Waals surface area (Å²) in [6.45, 7) is 7.28. The second-order valence-electron chi connectivity index (χ2n) is 7.51. The normalized spacial score (nSPS) is 11.0. The van der Waals surface area contributed by atoms with Gasteiger partial charge < -0.3 is 23.5 Å². The van der Waals surface area contributed by atoms with Crippen molar-refractivity contribution in [1.29, 1.82) is 0 Å². The molecule has 1 aromatic rings. The van der Waals surface area contributed by atoms with E-state index in [0.29, 0.717) is 6.42 Å². The highest BCUT2D eigenvalue weighted by molar-refractivity contribution is 5.75. The highest BCUT2D eigenvalue weighted by Crippen LogP contribution is 2.20. The van der Waals surface area contributed by atoms with Gasteiger partial charge in [0.05, 0.1) is 0 Å². The van der Waals surface area contributed by atoms with Crippen LogP contribution in [0.4, 0.5) is 0 Å². The van der Waals surface area contributed by atoms with E-state index in [9.17, 15) is 4.79 Å². The van der Waals surface area contributed by atoms with Gasteiger partial charge in [0.25, 0.3) is 0 Å². The van der Waals surface area contributed by atoms with Gasteiger partial charge in [-0.2, -0.15) is 0 Å². The lowest BCUT2D eigenvalue weighted by molar-refractivity contribution is -0.475. The summed E-state index contributed by atoms with van der Waals surface area (Å²) in [5, 5.41) is 3.06. The first kappa shape index (κ1) is 23.9. The van der Waals surface area contributed by atoms with Crippen LogP contribution >= 0.6 is 0 Å². The zero-order valence-electron chi connectivity index (χ0n) is 16.4. The standard InChI is InChI=1S/C21H36N2O.ClH/c1-4-5-6-7-8-9-16-20(24)23-17-12-14-18-13-10-11-15-19(18)21(2,3)22;/h10-11,13,15H,4-9,12,14,16-17,22H2,1-3H3,(H,23,24);1H. The topological polar surface area (TPSA) is 56.7 Å². The van der Waals surface area contributed by atoms with Crippen LogP contribution in [-0.4, -0.2) is 12.5 Å². The van der Waals surface area contributed by atoms with E-state index >= 15 is 0 Å². The van der Waals surface area contributed by atoms with Gasteiger partial charge in [0, 0.05) is 18.5 Å². The number of quaternary nitrogens is 1. The van der Waals surface area contributed by atoms with E-state index < -0.39 is 0 Å². The van der Waals surface area contributed by atoms with E-state index in [-0.39, 0.29) is 23.9 Å². The summed E-state index contributed by atoms with van der Waals surface area (Å²) in [7, 11) is 0. The molecular weight excluding hydrogens is 332 g/mol. The van der Waals surface area contributed by atoms with Crippen molar-refractivity contribution in [2.75, 3.05) is 6.54 Å². The number of benzene rings is 1. The molecular formula is C21H37ClN2O. The Morgan fingerprint density at radius 3 is 2.36 bits per heavy atom. The molecule has 4 N–H and O–H groups in total. The predicted molar refractivity (Wildman–Crippen MR) is 102 cm³/mol. The Morgan fingerprint density at radius 2 is 1.68 bits per heavy atom. The summed E-state index contributed by atoms with van der Waals surface area (Å²) in [6.07, 6.45) is 10.0. The quantitative estimate of drug-likeness (QED) is 0.531. The number of halogens is 1. The number of hydrogen-bond acceptors (Lipinski definition) is 1. The fourth-order valence-corrected chi connectivity index (χ4v) is 3.06. The van der Waals surface area contributed by atoms with E-state index in [1.54, 1.807) is 0 Å². The second-order valence-corrected chi connectivity index (χ2v) is 7.51. The SMILES string of the molecule is CCCCCCCCC(=O)NCCCc1ccccc1C(C)(C)[NH3+].[Cl-]. The first-order valence-corrected chi connectivity index (χ1v) is 9.65. The van der Waals surface area contributed by atoms with Gasteiger partial charge in [-0.3, -0.25) is 4.79 Å². The molecule has 0 aromatic heterocycles. The van der Waals surface area contributed by atoms with Crippen molar-refractivity contribution in [3.8, 4) is 0 Å². The molecule has 0 aliphatic heterocycles. The summed E-state index contributed by atoms with van der Waals surface area (Å²) >= 11 is 0. The van der Waals surface area contributed by atoms with Crippen LogP contribution in [0.25, 0.3) is 0 Å². The van der Waals surface area contributed by atoms with Crippen LogP contribution in [-0.2, 0) is 16.8 Å². The maximum atomic E-state index is 11.8. The third kappa shape index (κ3) is 10.5. The molecule has 0 unspecified atom stereocenters. The summed E-state index contributed by atoms with van der Waals surface area (Å²) in [5.74, 6) is 0.205. The number of carbonyl (C=O) groups excluding carboxylic acids is 1. The summed E-state index contributed by atoms with van der Waals surface area (Å²) < 4.78 is 0. The molecule has 0 fully saturated rings. The molecule has 3 nitrogen and oxygen atoms in total. The van der Waals surface area contributed by atoms with Crippen molar-refractivity contribution >= 4 is 5.91 Å². The van der Waals surface area contributed by atoms with Crippen molar-refractivity contribution in [3.63, 3.8) is 0 Å². The molecule has 0 spiro atoms. The van der Waals surface area contributed by atoms with E-state index in [2.05, 4.69) is 56.1 Å². The number of unbranched alkanes of at least 4 members (excludes halogenated alkanes) is 5. The van der Waals surface area contributed by atoms with Crippen molar-refractivity contribution in [1.82, 2.24) is 5.32 Å². The maximum Gasteiger partial charge on any atom is 0.219 e. The first-order chi connectivity index (χ1) is 11.4. The minimum Gasteiger partial charge on any atom is -1.00 e. The van der Waals surface area contributed by atoms with Crippen LogP contribution < -0.4 is 23.5 Å². The van der Waals surface area contributed by atoms with Crippen LogP contribution in [0.3, 0.4) is 0 Å². The summed E-state index contributed by atoms with van der Waals surface area (Å²) in [4.78, 5) is 11.8. The fourth-order valence-electron chi connectivity index (χ4n) is 3.06. The Bertz CT molecular complexity index is 483. The zero-order chi connectivity index (χ0) is 17.8. The smallest absolute Gasteiger partial charge is 0.219 e. The highest BCUT2D eigenvalue weighted by atomic mass is 35.5.